The lowest BCUT2D eigenvalue weighted by atomic mass is 9.79. The van der Waals surface area contributed by atoms with E-state index in [2.05, 4.69) is 15.5 Å². The highest BCUT2D eigenvalue weighted by atomic mass is 32.2. The molecule has 11 heteroatoms. The maximum Gasteiger partial charge on any atom is 0.352 e. The SMILES string of the molecule is CC(=O)N1C[C@H]2CC(CSc3nnnn3C)=C(C(=O)O)N3C(=O)[C@@H]1[C@@H]23. The minimum absolute atomic E-state index is 0.0514. The number of carboxylic acid groups (broad SMARTS) is 1. The van der Waals surface area contributed by atoms with Crippen molar-refractivity contribution in [2.24, 2.45) is 13.0 Å². The standard InChI is InChI=1S/C14H16N6O4S/c1-6(21)19-4-7-3-8(5-25-14-15-16-17-18(14)2)10(13(23)24)20-9(7)11(19)12(20)22/h7,9,11H,3-5H2,1-2H3,(H,23,24)/t7-,9-,11+/m1/s1. The van der Waals surface area contributed by atoms with Crippen LogP contribution in [0.25, 0.3) is 0 Å². The highest BCUT2D eigenvalue weighted by Gasteiger charge is 2.63. The lowest BCUT2D eigenvalue weighted by Crippen LogP contribution is -2.69. The van der Waals surface area contributed by atoms with E-state index in [0.717, 1.165) is 0 Å². The van der Waals surface area contributed by atoms with Crippen molar-refractivity contribution in [3.63, 3.8) is 0 Å². The summed E-state index contributed by atoms with van der Waals surface area (Å²) in [5.74, 6) is -1.11. The molecule has 1 aromatic heterocycles. The van der Waals surface area contributed by atoms with Crippen LogP contribution in [-0.2, 0) is 21.4 Å². The van der Waals surface area contributed by atoms with Crippen molar-refractivity contribution < 1.29 is 19.5 Å². The molecule has 0 unspecified atom stereocenters. The molecule has 25 heavy (non-hydrogen) atoms. The number of tetrazole rings is 1. The van der Waals surface area contributed by atoms with Gasteiger partial charge in [0.1, 0.15) is 11.7 Å². The number of carboxylic acids is 1. The van der Waals surface area contributed by atoms with Gasteiger partial charge in [0.2, 0.25) is 11.1 Å². The minimum Gasteiger partial charge on any atom is -0.477 e. The number of β-lactam (4-membered cyclic amide) rings is 1. The summed E-state index contributed by atoms with van der Waals surface area (Å²) >= 11 is 1.33. The van der Waals surface area contributed by atoms with Gasteiger partial charge in [0.25, 0.3) is 5.91 Å². The minimum atomic E-state index is -1.11. The van der Waals surface area contributed by atoms with Crippen molar-refractivity contribution in [3.8, 4) is 0 Å². The van der Waals surface area contributed by atoms with Crippen LogP contribution in [0.2, 0.25) is 0 Å². The van der Waals surface area contributed by atoms with Crippen LogP contribution < -0.4 is 0 Å². The smallest absolute Gasteiger partial charge is 0.352 e. The van der Waals surface area contributed by atoms with E-state index in [1.807, 2.05) is 0 Å². The van der Waals surface area contributed by atoms with E-state index in [0.29, 0.717) is 29.4 Å². The van der Waals surface area contributed by atoms with Crippen LogP contribution in [0.5, 0.6) is 0 Å². The molecular formula is C14H16N6O4S. The largest absolute Gasteiger partial charge is 0.477 e. The number of thioether (sulfide) groups is 1. The second-order valence-corrected chi connectivity index (χ2v) is 7.35. The van der Waals surface area contributed by atoms with Gasteiger partial charge in [0.15, 0.2) is 0 Å². The molecule has 4 rings (SSSR count). The maximum atomic E-state index is 12.5. The fourth-order valence-corrected chi connectivity index (χ4v) is 4.86. The third-order valence-corrected chi connectivity index (χ3v) is 6.11. The van der Waals surface area contributed by atoms with Gasteiger partial charge in [-0.15, -0.1) is 5.10 Å². The van der Waals surface area contributed by atoms with E-state index in [1.165, 1.54) is 28.3 Å². The molecule has 3 aliphatic rings. The first-order valence-corrected chi connectivity index (χ1v) is 8.79. The normalized spacial score (nSPS) is 27.4. The highest BCUT2D eigenvalue weighted by molar-refractivity contribution is 7.99. The molecule has 3 aliphatic heterocycles. The van der Waals surface area contributed by atoms with Crippen LogP contribution in [0.3, 0.4) is 0 Å². The van der Waals surface area contributed by atoms with Gasteiger partial charge in [-0.1, -0.05) is 11.8 Å². The number of aromatic nitrogens is 4. The Kier molecular flexibility index (Phi) is 3.56. The molecule has 0 saturated carbocycles. The van der Waals surface area contributed by atoms with Crippen LogP contribution in [0.1, 0.15) is 13.3 Å². The molecule has 2 amide bonds. The van der Waals surface area contributed by atoms with Gasteiger partial charge < -0.3 is 10.0 Å². The van der Waals surface area contributed by atoms with Crippen LogP contribution >= 0.6 is 11.8 Å². The van der Waals surface area contributed by atoms with Crippen molar-refractivity contribution in [3.05, 3.63) is 11.3 Å². The Hall–Kier alpha value is -2.43. The van der Waals surface area contributed by atoms with Gasteiger partial charge in [-0.3, -0.25) is 14.5 Å². The van der Waals surface area contributed by atoms with Gasteiger partial charge >= 0.3 is 5.97 Å². The topological polar surface area (TPSA) is 122 Å². The van der Waals surface area contributed by atoms with Crippen molar-refractivity contribution in [2.75, 3.05) is 12.3 Å². The molecule has 0 bridgehead atoms. The molecule has 0 spiro atoms. The molecule has 3 atom stereocenters. The summed E-state index contributed by atoms with van der Waals surface area (Å²) in [6.45, 7) is 1.93. The fourth-order valence-electron chi connectivity index (χ4n) is 3.98. The third kappa shape index (κ3) is 2.25. The number of aliphatic carboxylic acids is 1. The van der Waals surface area contributed by atoms with Crippen LogP contribution in [0.15, 0.2) is 16.4 Å². The summed E-state index contributed by atoms with van der Waals surface area (Å²) in [4.78, 5) is 39.0. The van der Waals surface area contributed by atoms with Crippen LogP contribution in [0, 0.1) is 5.92 Å². The second-order valence-electron chi connectivity index (χ2n) is 6.41. The highest BCUT2D eigenvalue weighted by Crippen LogP contribution is 2.47. The molecule has 2 saturated heterocycles. The lowest BCUT2D eigenvalue weighted by Gasteiger charge is -2.49. The summed E-state index contributed by atoms with van der Waals surface area (Å²) in [5, 5.41) is 21.4. The molecule has 1 aromatic rings. The van der Waals surface area contributed by atoms with Crippen molar-refractivity contribution in [2.45, 2.75) is 30.6 Å². The summed E-state index contributed by atoms with van der Waals surface area (Å²) in [6.07, 6.45) is 0.550. The van der Waals surface area contributed by atoms with E-state index < -0.39 is 12.0 Å². The summed E-state index contributed by atoms with van der Waals surface area (Å²) in [6, 6.07) is -0.721. The predicted octanol–water partition coefficient (Wildman–Crippen LogP) is -0.898. The zero-order valence-electron chi connectivity index (χ0n) is 13.6. The average molecular weight is 364 g/mol. The first-order valence-electron chi connectivity index (χ1n) is 7.81. The number of aryl methyl sites for hydroxylation is 1. The quantitative estimate of drug-likeness (QED) is 0.539. The Bertz CT molecular complexity index is 820. The van der Waals surface area contributed by atoms with E-state index in [4.69, 9.17) is 0 Å². The van der Waals surface area contributed by atoms with Crippen molar-refractivity contribution in [1.29, 1.82) is 0 Å². The predicted molar refractivity (Wildman–Crippen MR) is 84.1 cm³/mol. The Morgan fingerprint density at radius 3 is 2.76 bits per heavy atom. The van der Waals surface area contributed by atoms with Gasteiger partial charge in [-0.05, 0) is 22.4 Å². The average Bonchev–Trinajstić information content (AvgIpc) is 3.12. The zero-order chi connectivity index (χ0) is 17.9. The molecule has 4 heterocycles. The van der Waals surface area contributed by atoms with Crippen molar-refractivity contribution in [1.82, 2.24) is 30.0 Å². The summed E-state index contributed by atoms with van der Waals surface area (Å²) < 4.78 is 1.51. The second kappa shape index (κ2) is 5.55. The molecule has 132 valence electrons. The number of rotatable bonds is 4. The molecule has 0 radical (unpaired) electrons. The molecule has 0 aromatic carbocycles. The van der Waals surface area contributed by atoms with E-state index in [9.17, 15) is 19.5 Å². The molecular weight excluding hydrogens is 348 g/mol. The number of hydrogen-bond donors (Lipinski definition) is 1. The Morgan fingerprint density at radius 2 is 2.16 bits per heavy atom. The van der Waals surface area contributed by atoms with Crippen LogP contribution in [-0.4, -0.2) is 77.3 Å². The number of amides is 2. The van der Waals surface area contributed by atoms with Gasteiger partial charge in [0.05, 0.1) is 6.04 Å². The summed E-state index contributed by atoms with van der Waals surface area (Å²) in [7, 11) is 1.71. The Labute approximate surface area is 146 Å². The first-order chi connectivity index (χ1) is 11.9. The zero-order valence-corrected chi connectivity index (χ0v) is 14.4. The number of nitrogens with zero attached hydrogens (tertiary/aromatic N) is 6. The van der Waals surface area contributed by atoms with E-state index in [-0.39, 0.29) is 29.5 Å². The Morgan fingerprint density at radius 1 is 1.40 bits per heavy atom. The molecule has 1 N–H and O–H groups in total. The first kappa shape index (κ1) is 16.1. The van der Waals surface area contributed by atoms with E-state index in [1.54, 1.807) is 11.9 Å². The number of carbonyl (C=O) groups excluding carboxylic acids is 2. The molecule has 10 nitrogen and oxygen atoms in total. The molecule has 2 fully saturated rings. The van der Waals surface area contributed by atoms with Crippen molar-refractivity contribution >= 4 is 29.5 Å². The third-order valence-electron chi connectivity index (χ3n) is 5.01. The Balaban J connectivity index is 1.63. The number of carbonyl (C=O) groups is 3. The monoisotopic (exact) mass is 364 g/mol. The van der Waals surface area contributed by atoms with Gasteiger partial charge in [-0.25, -0.2) is 9.48 Å². The summed E-state index contributed by atoms with van der Waals surface area (Å²) in [5.41, 5.74) is 0.731. The van der Waals surface area contributed by atoms with Gasteiger partial charge in [0, 0.05) is 32.2 Å². The lowest BCUT2D eigenvalue weighted by molar-refractivity contribution is -0.159. The van der Waals surface area contributed by atoms with E-state index >= 15 is 0 Å². The van der Waals surface area contributed by atoms with Gasteiger partial charge in [-0.2, -0.15) is 0 Å². The maximum absolute atomic E-state index is 12.5. The number of hydrogen-bond acceptors (Lipinski definition) is 7. The fraction of sp³-hybridized carbons (Fsp3) is 0.571. The molecule has 0 aliphatic carbocycles. The number of likely N-dealkylation sites (tertiary alicyclic amines) is 1. The van der Waals surface area contributed by atoms with Crippen LogP contribution in [0.4, 0.5) is 0 Å².